The van der Waals surface area contributed by atoms with Crippen LogP contribution in [0.25, 0.3) is 5.57 Å². The number of esters is 1. The van der Waals surface area contributed by atoms with Gasteiger partial charge in [0, 0.05) is 11.1 Å². The standard InChI is InChI=1S/C21H22N4O12S2/c22-21-23-7(5-39-21)6(1-2-9(26)27)15(31)24-10-16(32)25-8(3-4-38-17(10)25)19(35)37-20-13(30)11(28)12(29)14(36-20)18(33)34/h1,3,5,10-14,17,20,28-30H,2,4H2,(H2,22,23)(H,24,31)(H,26,27)(H,33,34)/b6-1-/t10-,11?,12?,13?,14?,17-,20?/m1/s1. The Morgan fingerprint density at radius 2 is 1.92 bits per heavy atom. The molecule has 4 heterocycles. The number of aliphatic hydroxyl groups excluding tert-OH is 3. The van der Waals surface area contributed by atoms with E-state index in [0.29, 0.717) is 0 Å². The zero-order valence-electron chi connectivity index (χ0n) is 19.6. The van der Waals surface area contributed by atoms with Gasteiger partial charge in [-0.25, -0.2) is 14.6 Å². The molecule has 1 aromatic heterocycles. The third-order valence-corrected chi connectivity index (χ3v) is 7.76. The average molecular weight is 587 g/mol. The van der Waals surface area contributed by atoms with Gasteiger partial charge in [0.1, 0.15) is 35.4 Å². The van der Waals surface area contributed by atoms with Gasteiger partial charge in [0.25, 0.3) is 11.8 Å². The smallest absolute Gasteiger partial charge is 0.357 e. The Bertz CT molecular complexity index is 1270. The molecule has 18 heteroatoms. The van der Waals surface area contributed by atoms with Crippen molar-refractivity contribution in [1.29, 1.82) is 0 Å². The molecule has 0 spiro atoms. The number of hydrogen-bond donors (Lipinski definition) is 7. The summed E-state index contributed by atoms with van der Waals surface area (Å²) in [5, 5.41) is 51.3. The van der Waals surface area contributed by atoms with Crippen LogP contribution in [0.15, 0.2) is 23.2 Å². The zero-order valence-corrected chi connectivity index (χ0v) is 21.2. The monoisotopic (exact) mass is 586 g/mol. The number of carbonyl (C=O) groups excluding carboxylic acids is 3. The maximum Gasteiger partial charge on any atom is 0.357 e. The van der Waals surface area contributed by atoms with E-state index in [0.717, 1.165) is 22.3 Å². The summed E-state index contributed by atoms with van der Waals surface area (Å²) in [4.78, 5) is 66.1. The summed E-state index contributed by atoms with van der Waals surface area (Å²) in [6.45, 7) is 0. The summed E-state index contributed by atoms with van der Waals surface area (Å²) in [6.07, 6.45) is -7.95. The number of nitrogens with two attached hydrogens (primary N) is 1. The van der Waals surface area contributed by atoms with Crippen LogP contribution in [0.3, 0.4) is 0 Å². The third-order valence-electron chi connectivity index (χ3n) is 5.90. The highest BCUT2D eigenvalue weighted by Crippen LogP contribution is 2.38. The van der Waals surface area contributed by atoms with Crippen LogP contribution in [-0.2, 0) is 33.4 Å². The molecule has 0 aromatic carbocycles. The Hall–Kier alpha value is -3.55. The number of carboxylic acids is 2. The summed E-state index contributed by atoms with van der Waals surface area (Å²) in [7, 11) is 0. The molecule has 39 heavy (non-hydrogen) atoms. The van der Waals surface area contributed by atoms with Crippen LogP contribution in [0.1, 0.15) is 12.1 Å². The fraction of sp³-hybridized carbons (Fsp3) is 0.429. The van der Waals surface area contributed by atoms with E-state index in [9.17, 15) is 39.3 Å². The van der Waals surface area contributed by atoms with Crippen molar-refractivity contribution in [3.8, 4) is 0 Å². The van der Waals surface area contributed by atoms with Gasteiger partial charge in [-0.2, -0.15) is 0 Å². The quantitative estimate of drug-likeness (QED) is 0.0929. The van der Waals surface area contributed by atoms with E-state index in [4.69, 9.17) is 25.4 Å². The van der Waals surface area contributed by atoms with Crippen LogP contribution >= 0.6 is 23.1 Å². The number of anilines is 1. The van der Waals surface area contributed by atoms with Gasteiger partial charge in [0.2, 0.25) is 6.29 Å². The van der Waals surface area contributed by atoms with Crippen LogP contribution in [0, 0.1) is 0 Å². The Morgan fingerprint density at radius 3 is 2.54 bits per heavy atom. The number of ether oxygens (including phenoxy) is 2. The molecule has 16 nitrogen and oxygen atoms in total. The first-order valence-corrected chi connectivity index (χ1v) is 13.1. The topological polar surface area (TPSA) is 259 Å². The van der Waals surface area contributed by atoms with Crippen molar-refractivity contribution in [2.45, 2.75) is 48.5 Å². The van der Waals surface area contributed by atoms with Gasteiger partial charge in [0.15, 0.2) is 11.2 Å². The first-order chi connectivity index (χ1) is 18.4. The van der Waals surface area contributed by atoms with Crippen molar-refractivity contribution in [3.63, 3.8) is 0 Å². The summed E-state index contributed by atoms with van der Waals surface area (Å²) >= 11 is 2.23. The fourth-order valence-corrected chi connectivity index (χ4v) is 5.74. The van der Waals surface area contributed by atoms with Crippen LogP contribution in [0.4, 0.5) is 5.13 Å². The second-order valence-corrected chi connectivity index (χ2v) is 10.4. The number of β-lactam (4-membered cyclic amide) rings is 1. The van der Waals surface area contributed by atoms with Gasteiger partial charge in [-0.05, 0) is 6.08 Å². The second kappa shape index (κ2) is 11.3. The lowest BCUT2D eigenvalue weighted by Crippen LogP contribution is -2.70. The van der Waals surface area contributed by atoms with Crippen LogP contribution in [0.5, 0.6) is 0 Å². The van der Waals surface area contributed by atoms with Crippen molar-refractivity contribution < 1.29 is 59.0 Å². The number of carbonyl (C=O) groups is 5. The van der Waals surface area contributed by atoms with Crippen molar-refractivity contribution in [2.24, 2.45) is 0 Å². The Labute approximate surface area is 226 Å². The molecule has 2 fully saturated rings. The third kappa shape index (κ3) is 5.60. The van der Waals surface area contributed by atoms with E-state index >= 15 is 0 Å². The molecule has 3 aliphatic heterocycles. The van der Waals surface area contributed by atoms with E-state index in [1.54, 1.807) is 0 Å². The van der Waals surface area contributed by atoms with Gasteiger partial charge in [0.05, 0.1) is 17.7 Å². The van der Waals surface area contributed by atoms with Gasteiger partial charge in [-0.3, -0.25) is 19.3 Å². The number of nitrogen functional groups attached to an aromatic ring is 1. The highest BCUT2D eigenvalue weighted by Gasteiger charge is 2.54. The van der Waals surface area contributed by atoms with Crippen LogP contribution in [-0.4, -0.2) is 113 Å². The lowest BCUT2D eigenvalue weighted by molar-refractivity contribution is -0.285. The number of nitrogens with zero attached hydrogens (tertiary/aromatic N) is 2. The lowest BCUT2D eigenvalue weighted by Gasteiger charge is -2.48. The molecule has 7 atom stereocenters. The maximum absolute atomic E-state index is 13.0. The molecule has 2 amide bonds. The van der Waals surface area contributed by atoms with Crippen molar-refractivity contribution in [2.75, 3.05) is 11.5 Å². The van der Waals surface area contributed by atoms with E-state index in [1.165, 1.54) is 23.2 Å². The normalized spacial score (nSPS) is 30.5. The number of aromatic nitrogens is 1. The van der Waals surface area contributed by atoms with E-state index in [1.807, 2.05) is 0 Å². The fourth-order valence-electron chi connectivity index (χ4n) is 3.98. The summed E-state index contributed by atoms with van der Waals surface area (Å²) in [6, 6.07) is -1.10. The first kappa shape index (κ1) is 28.5. The number of nitrogens with one attached hydrogen (secondary N) is 1. The molecule has 8 N–H and O–H groups in total. The Morgan fingerprint density at radius 1 is 1.21 bits per heavy atom. The molecule has 0 radical (unpaired) electrons. The summed E-state index contributed by atoms with van der Waals surface area (Å²) in [5.74, 6) is -5.35. The first-order valence-electron chi connectivity index (χ1n) is 11.1. The minimum Gasteiger partial charge on any atom is -0.481 e. The lowest BCUT2D eigenvalue weighted by atomic mass is 9.99. The van der Waals surface area contributed by atoms with Crippen molar-refractivity contribution in [3.05, 3.63) is 28.9 Å². The Balaban J connectivity index is 1.45. The van der Waals surface area contributed by atoms with Crippen LogP contribution < -0.4 is 11.1 Å². The van der Waals surface area contributed by atoms with Gasteiger partial charge in [-0.1, -0.05) is 6.08 Å². The number of rotatable bonds is 8. The van der Waals surface area contributed by atoms with Crippen LogP contribution in [0.2, 0.25) is 0 Å². The zero-order chi connectivity index (χ0) is 28.6. The Kier molecular flexibility index (Phi) is 8.23. The minimum absolute atomic E-state index is 0.107. The van der Waals surface area contributed by atoms with E-state index in [-0.39, 0.29) is 27.8 Å². The predicted molar refractivity (Wildman–Crippen MR) is 130 cm³/mol. The largest absolute Gasteiger partial charge is 0.481 e. The van der Waals surface area contributed by atoms with Gasteiger partial charge >= 0.3 is 17.9 Å². The number of thiazole rings is 1. The molecule has 1 aromatic rings. The molecule has 3 aliphatic rings. The molecular weight excluding hydrogens is 564 g/mol. The van der Waals surface area contributed by atoms with Crippen molar-refractivity contribution >= 4 is 63.5 Å². The number of carboxylic acid groups (broad SMARTS) is 2. The number of fused-ring (bicyclic) bond motifs is 1. The molecule has 4 rings (SSSR count). The molecule has 2 saturated heterocycles. The second-order valence-electron chi connectivity index (χ2n) is 8.40. The molecule has 0 bridgehead atoms. The SMILES string of the molecule is Nc1nc(/C(=C/CC(=O)O)C(=O)N[C@@H]2C(=O)N3C(C(=O)OC4OC(C(=O)O)C(O)C(O)C4O)=CCS[C@H]23)cs1. The van der Waals surface area contributed by atoms with E-state index in [2.05, 4.69) is 10.3 Å². The summed E-state index contributed by atoms with van der Waals surface area (Å²) < 4.78 is 9.96. The number of amides is 2. The molecule has 0 saturated carbocycles. The molecule has 0 aliphatic carbocycles. The maximum atomic E-state index is 13.0. The number of aliphatic hydroxyl groups is 3. The molecular formula is C21H22N4O12S2. The van der Waals surface area contributed by atoms with Gasteiger partial charge in [-0.15, -0.1) is 23.1 Å². The molecule has 5 unspecified atom stereocenters. The summed E-state index contributed by atoms with van der Waals surface area (Å²) in [5.41, 5.74) is 5.36. The van der Waals surface area contributed by atoms with E-state index < -0.39 is 78.3 Å². The number of aliphatic carboxylic acids is 2. The molecule has 210 valence electrons. The van der Waals surface area contributed by atoms with Crippen molar-refractivity contribution in [1.82, 2.24) is 15.2 Å². The minimum atomic E-state index is -2.00. The van der Waals surface area contributed by atoms with Gasteiger partial charge < -0.3 is 46.1 Å². The average Bonchev–Trinajstić information content (AvgIpc) is 3.32. The predicted octanol–water partition coefficient (Wildman–Crippen LogP) is -2.70. The highest BCUT2D eigenvalue weighted by molar-refractivity contribution is 8.00. The number of hydrogen-bond acceptors (Lipinski definition) is 14. The number of thioether (sulfide) groups is 1. The highest BCUT2D eigenvalue weighted by atomic mass is 32.2.